The van der Waals surface area contributed by atoms with Gasteiger partial charge in [-0.3, -0.25) is 4.79 Å². The Morgan fingerprint density at radius 2 is 1.88 bits per heavy atom. The van der Waals surface area contributed by atoms with Crippen LogP contribution in [-0.2, 0) is 0 Å². The fourth-order valence-electron chi connectivity index (χ4n) is 2.98. The average Bonchev–Trinajstić information content (AvgIpc) is 2.78. The number of hydrogen-bond acceptors (Lipinski definition) is 2. The number of furan rings is 1. The summed E-state index contributed by atoms with van der Waals surface area (Å²) in [6.45, 7) is 0. The van der Waals surface area contributed by atoms with E-state index in [9.17, 15) is 4.79 Å². The van der Waals surface area contributed by atoms with Crippen molar-refractivity contribution >= 4 is 17.3 Å². The summed E-state index contributed by atoms with van der Waals surface area (Å²) in [5.41, 5.74) is 1.99. The summed E-state index contributed by atoms with van der Waals surface area (Å²) >= 11 is 0. The number of benzene rings is 1. The van der Waals surface area contributed by atoms with E-state index >= 15 is 0 Å². The topological polar surface area (TPSA) is 30.2 Å². The molecule has 3 rings (SSSR count). The molecule has 88 valence electrons. The minimum Gasteiger partial charge on any atom is -0.453 e. The molecule has 0 aliphatic heterocycles. The van der Waals surface area contributed by atoms with Crippen LogP contribution in [0.15, 0.2) is 28.7 Å². The molecule has 0 radical (unpaired) electrons. The van der Waals surface area contributed by atoms with E-state index < -0.39 is 0 Å². The molecule has 1 aliphatic carbocycles. The number of rotatable bonds is 2. The van der Waals surface area contributed by atoms with Crippen molar-refractivity contribution in [2.45, 2.75) is 38.0 Å². The molecule has 0 spiro atoms. The number of aldehydes is 1. The lowest BCUT2D eigenvalue weighted by Gasteiger charge is -2.21. The van der Waals surface area contributed by atoms with Crippen molar-refractivity contribution in [1.29, 1.82) is 0 Å². The maximum Gasteiger partial charge on any atom is 0.185 e. The number of carbonyl (C=O) groups excluding carboxylic acids is 1. The van der Waals surface area contributed by atoms with Gasteiger partial charge >= 0.3 is 0 Å². The van der Waals surface area contributed by atoms with Crippen molar-refractivity contribution < 1.29 is 9.21 Å². The third-order valence-electron chi connectivity index (χ3n) is 3.78. The van der Waals surface area contributed by atoms with Gasteiger partial charge in [-0.15, -0.1) is 0 Å². The Kier molecular flexibility index (Phi) is 2.71. The SMILES string of the molecule is O=Cc1oc2ccccc2c1C1CCCCC1. The largest absolute Gasteiger partial charge is 0.453 e. The molecule has 1 aliphatic rings. The first kappa shape index (κ1) is 10.6. The van der Waals surface area contributed by atoms with Crippen molar-refractivity contribution in [2.75, 3.05) is 0 Å². The summed E-state index contributed by atoms with van der Waals surface area (Å²) < 4.78 is 5.63. The monoisotopic (exact) mass is 228 g/mol. The molecule has 0 saturated heterocycles. The zero-order valence-corrected chi connectivity index (χ0v) is 9.82. The zero-order valence-electron chi connectivity index (χ0n) is 9.82. The third kappa shape index (κ3) is 1.78. The van der Waals surface area contributed by atoms with E-state index in [2.05, 4.69) is 6.07 Å². The first-order valence-electron chi connectivity index (χ1n) is 6.37. The lowest BCUT2D eigenvalue weighted by atomic mass is 9.83. The molecular weight excluding hydrogens is 212 g/mol. The highest BCUT2D eigenvalue weighted by molar-refractivity contribution is 5.90. The first-order chi connectivity index (χ1) is 8.40. The summed E-state index contributed by atoms with van der Waals surface area (Å²) in [5, 5.41) is 1.13. The number of para-hydroxylation sites is 1. The van der Waals surface area contributed by atoms with E-state index in [1.807, 2.05) is 18.2 Å². The maximum absolute atomic E-state index is 11.1. The van der Waals surface area contributed by atoms with Crippen molar-refractivity contribution in [2.24, 2.45) is 0 Å². The molecule has 1 heterocycles. The Balaban J connectivity index is 2.14. The van der Waals surface area contributed by atoms with Gasteiger partial charge in [0.15, 0.2) is 12.0 Å². The van der Waals surface area contributed by atoms with Crippen LogP contribution in [0, 0.1) is 0 Å². The normalized spacial score (nSPS) is 17.4. The summed E-state index contributed by atoms with van der Waals surface area (Å²) in [6.07, 6.45) is 7.09. The van der Waals surface area contributed by atoms with Gasteiger partial charge in [0.05, 0.1) is 0 Å². The Morgan fingerprint density at radius 3 is 2.65 bits per heavy atom. The third-order valence-corrected chi connectivity index (χ3v) is 3.78. The second-order valence-corrected chi connectivity index (χ2v) is 4.83. The van der Waals surface area contributed by atoms with Crippen molar-refractivity contribution in [3.63, 3.8) is 0 Å². The van der Waals surface area contributed by atoms with Crippen molar-refractivity contribution in [1.82, 2.24) is 0 Å². The van der Waals surface area contributed by atoms with Crippen LogP contribution in [0.5, 0.6) is 0 Å². The van der Waals surface area contributed by atoms with Crippen molar-refractivity contribution in [3.05, 3.63) is 35.6 Å². The van der Waals surface area contributed by atoms with Gasteiger partial charge in [-0.25, -0.2) is 0 Å². The molecule has 0 atom stereocenters. The Hall–Kier alpha value is -1.57. The van der Waals surface area contributed by atoms with E-state index in [1.165, 1.54) is 32.1 Å². The maximum atomic E-state index is 11.1. The predicted octanol–water partition coefficient (Wildman–Crippen LogP) is 4.29. The highest BCUT2D eigenvalue weighted by Gasteiger charge is 2.23. The minimum absolute atomic E-state index is 0.507. The highest BCUT2D eigenvalue weighted by atomic mass is 16.3. The van der Waals surface area contributed by atoms with Crippen LogP contribution in [0.2, 0.25) is 0 Å². The molecule has 0 bridgehead atoms. The molecule has 1 saturated carbocycles. The Morgan fingerprint density at radius 1 is 1.12 bits per heavy atom. The lowest BCUT2D eigenvalue weighted by Crippen LogP contribution is -2.05. The number of carbonyl (C=O) groups is 1. The van der Waals surface area contributed by atoms with E-state index in [1.54, 1.807) is 0 Å². The van der Waals surface area contributed by atoms with Crippen LogP contribution in [0.3, 0.4) is 0 Å². The summed E-state index contributed by atoms with van der Waals surface area (Å²) in [4.78, 5) is 11.1. The quantitative estimate of drug-likeness (QED) is 0.717. The van der Waals surface area contributed by atoms with Gasteiger partial charge in [-0.2, -0.15) is 0 Å². The fourth-order valence-corrected chi connectivity index (χ4v) is 2.98. The van der Waals surface area contributed by atoms with Gasteiger partial charge < -0.3 is 4.42 Å². The van der Waals surface area contributed by atoms with Crippen LogP contribution in [0.1, 0.15) is 54.1 Å². The first-order valence-corrected chi connectivity index (χ1v) is 6.37. The summed E-state index contributed by atoms with van der Waals surface area (Å²) in [6, 6.07) is 7.97. The molecule has 2 aromatic rings. The number of hydrogen-bond donors (Lipinski definition) is 0. The van der Waals surface area contributed by atoms with E-state index in [-0.39, 0.29) is 0 Å². The molecule has 0 amide bonds. The van der Waals surface area contributed by atoms with Gasteiger partial charge in [0.1, 0.15) is 5.58 Å². The van der Waals surface area contributed by atoms with E-state index in [0.29, 0.717) is 11.7 Å². The molecule has 0 N–H and O–H groups in total. The fraction of sp³-hybridized carbons (Fsp3) is 0.400. The van der Waals surface area contributed by atoms with Crippen LogP contribution >= 0.6 is 0 Å². The summed E-state index contributed by atoms with van der Waals surface area (Å²) in [5.74, 6) is 1.05. The zero-order chi connectivity index (χ0) is 11.7. The molecule has 1 aromatic carbocycles. The average molecular weight is 228 g/mol. The molecule has 0 unspecified atom stereocenters. The second kappa shape index (κ2) is 4.36. The molecule has 1 aromatic heterocycles. The summed E-state index contributed by atoms with van der Waals surface area (Å²) in [7, 11) is 0. The van der Waals surface area contributed by atoms with Crippen molar-refractivity contribution in [3.8, 4) is 0 Å². The predicted molar refractivity (Wildman–Crippen MR) is 67.4 cm³/mol. The van der Waals surface area contributed by atoms with Crippen LogP contribution < -0.4 is 0 Å². The number of fused-ring (bicyclic) bond motifs is 1. The van der Waals surface area contributed by atoms with Gasteiger partial charge in [0, 0.05) is 10.9 Å². The van der Waals surface area contributed by atoms with Crippen LogP contribution in [-0.4, -0.2) is 6.29 Å². The van der Waals surface area contributed by atoms with E-state index in [4.69, 9.17) is 4.42 Å². The molecule has 1 fully saturated rings. The molecule has 2 heteroatoms. The molecule has 17 heavy (non-hydrogen) atoms. The van der Waals surface area contributed by atoms with Gasteiger partial charge in [0.25, 0.3) is 0 Å². The molecular formula is C15H16O2. The second-order valence-electron chi connectivity index (χ2n) is 4.83. The Labute approximate surface area is 101 Å². The Bertz CT molecular complexity index is 533. The van der Waals surface area contributed by atoms with E-state index in [0.717, 1.165) is 22.8 Å². The van der Waals surface area contributed by atoms with Gasteiger partial charge in [-0.1, -0.05) is 37.5 Å². The lowest BCUT2D eigenvalue weighted by molar-refractivity contribution is 0.110. The minimum atomic E-state index is 0.507. The van der Waals surface area contributed by atoms with Crippen LogP contribution in [0.4, 0.5) is 0 Å². The standard InChI is InChI=1S/C15H16O2/c16-10-14-15(11-6-2-1-3-7-11)12-8-4-5-9-13(12)17-14/h4-5,8-11H,1-3,6-7H2. The highest BCUT2D eigenvalue weighted by Crippen LogP contribution is 2.39. The smallest absolute Gasteiger partial charge is 0.185 e. The molecule has 2 nitrogen and oxygen atoms in total. The van der Waals surface area contributed by atoms with Gasteiger partial charge in [-0.05, 0) is 24.8 Å². The van der Waals surface area contributed by atoms with Crippen LogP contribution in [0.25, 0.3) is 11.0 Å². The van der Waals surface area contributed by atoms with Gasteiger partial charge in [0.2, 0.25) is 0 Å².